The predicted octanol–water partition coefficient (Wildman–Crippen LogP) is 14.8. The first-order chi connectivity index (χ1) is 30.6. The van der Waals surface area contributed by atoms with Crippen LogP contribution in [0.3, 0.4) is 0 Å². The van der Waals surface area contributed by atoms with Crippen molar-refractivity contribution in [2.24, 2.45) is 0 Å². The molecule has 8 nitrogen and oxygen atoms in total. The molecule has 0 amide bonds. The van der Waals surface area contributed by atoms with Crippen molar-refractivity contribution in [3.63, 3.8) is 0 Å². The Morgan fingerprint density at radius 2 is 0.873 bits per heavy atom. The highest BCUT2D eigenvalue weighted by molar-refractivity contribution is 7.45. The molecule has 63 heavy (non-hydrogen) atoms. The maximum Gasteiger partial charge on any atom is 0.306 e. The number of quaternary nitrogens is 1. The fraction of sp³-hybridized carbons (Fsp3) is 0.685. The number of hydrogen-bond acceptors (Lipinski definition) is 7. The first-order valence-corrected chi connectivity index (χ1v) is 26.4. The molecule has 0 saturated heterocycles. The summed E-state index contributed by atoms with van der Waals surface area (Å²) < 4.78 is 34.7. The van der Waals surface area contributed by atoms with Crippen molar-refractivity contribution in [3.05, 3.63) is 97.2 Å². The third-order valence-electron chi connectivity index (χ3n) is 10.1. The smallest absolute Gasteiger partial charge is 0.306 e. The van der Waals surface area contributed by atoms with Gasteiger partial charge in [-0.25, -0.2) is 0 Å². The zero-order chi connectivity index (χ0) is 46.2. The van der Waals surface area contributed by atoms with Crippen molar-refractivity contribution in [2.45, 2.75) is 187 Å². The topological polar surface area (TPSA) is 94.1 Å². The van der Waals surface area contributed by atoms with Crippen LogP contribution in [0.2, 0.25) is 0 Å². The van der Waals surface area contributed by atoms with Crippen LogP contribution >= 0.6 is 7.82 Å². The lowest BCUT2D eigenvalue weighted by Gasteiger charge is -2.28. The van der Waals surface area contributed by atoms with Crippen LogP contribution in [0.15, 0.2) is 97.2 Å². The van der Waals surface area contributed by atoms with E-state index >= 15 is 0 Å². The number of esters is 1. The molecular weight excluding hydrogens is 806 g/mol. The van der Waals surface area contributed by atoms with E-state index in [2.05, 4.69) is 111 Å². The van der Waals surface area contributed by atoms with Crippen molar-refractivity contribution in [3.8, 4) is 0 Å². The number of allylic oxidation sites excluding steroid dienone is 16. The first-order valence-electron chi connectivity index (χ1n) is 25.0. The van der Waals surface area contributed by atoms with Crippen LogP contribution in [0, 0.1) is 0 Å². The molecule has 0 aliphatic carbocycles. The Morgan fingerprint density at radius 3 is 1.30 bits per heavy atom. The second-order valence-electron chi connectivity index (χ2n) is 17.4. The average molecular weight is 900 g/mol. The monoisotopic (exact) mass is 900 g/mol. The molecule has 0 aromatic carbocycles. The minimum absolute atomic E-state index is 0.0167. The summed E-state index contributed by atoms with van der Waals surface area (Å²) in [6.07, 6.45) is 62.8. The molecule has 0 bridgehead atoms. The quantitative estimate of drug-likeness (QED) is 0.0197. The fourth-order valence-corrected chi connectivity index (χ4v) is 7.08. The number of nitrogens with zero attached hydrogens (tertiary/aromatic N) is 1. The summed E-state index contributed by atoms with van der Waals surface area (Å²) in [5.74, 6) is -0.351. The molecule has 0 aromatic heterocycles. The second-order valence-corrected chi connectivity index (χ2v) is 18.8. The molecule has 0 saturated carbocycles. The van der Waals surface area contributed by atoms with Gasteiger partial charge in [0, 0.05) is 13.0 Å². The summed E-state index contributed by atoms with van der Waals surface area (Å²) in [5, 5.41) is 0. The molecule has 0 radical (unpaired) electrons. The Hall–Kier alpha value is -2.58. The number of hydrogen-bond donors (Lipinski definition) is 0. The van der Waals surface area contributed by atoms with Crippen LogP contribution in [-0.2, 0) is 27.9 Å². The normalized spacial score (nSPS) is 14.4. The fourth-order valence-electron chi connectivity index (χ4n) is 6.35. The van der Waals surface area contributed by atoms with E-state index in [0.717, 1.165) is 109 Å². The van der Waals surface area contributed by atoms with E-state index in [4.69, 9.17) is 18.5 Å². The SMILES string of the molecule is CC/C=C\C/C=C\C/C=C\C/C=C\C/C=C\CCCCCCCCCCOCC(COP(=O)([O-])OCC[N+](C)(C)C)OC(=O)CCCCCCCCC/C=C\C/C=C\C/C=C\CC. The standard InChI is InChI=1S/C54H94NO7P/c1-6-8-10-12-14-16-18-20-22-24-25-26-27-28-29-30-32-34-36-38-40-42-44-46-49-59-51-53(52-61-63(57,58)60-50-48-55(3,4)5)62-54(56)47-45-43-41-39-37-35-33-31-23-21-19-17-15-13-11-9-7-2/h8-11,14-17,20-23,25-26,28-29,53H,6-7,12-13,18-19,24,27,30-52H2,1-5H3/b10-8-,11-9-,16-14-,17-15-,22-20-,23-21-,26-25-,29-28-. The van der Waals surface area contributed by atoms with Gasteiger partial charge in [0.25, 0.3) is 7.82 Å². The van der Waals surface area contributed by atoms with Gasteiger partial charge in [-0.3, -0.25) is 9.36 Å². The number of rotatable bonds is 45. The lowest BCUT2D eigenvalue weighted by molar-refractivity contribution is -0.870. The van der Waals surface area contributed by atoms with Crippen molar-refractivity contribution >= 4 is 13.8 Å². The van der Waals surface area contributed by atoms with Crippen LogP contribution in [-0.4, -0.2) is 70.7 Å². The highest BCUT2D eigenvalue weighted by Crippen LogP contribution is 2.38. The van der Waals surface area contributed by atoms with Crippen molar-refractivity contribution in [1.82, 2.24) is 0 Å². The van der Waals surface area contributed by atoms with E-state index < -0.39 is 13.9 Å². The van der Waals surface area contributed by atoms with E-state index in [9.17, 15) is 14.3 Å². The van der Waals surface area contributed by atoms with Gasteiger partial charge in [0.2, 0.25) is 0 Å². The van der Waals surface area contributed by atoms with Gasteiger partial charge in [0.05, 0.1) is 34.4 Å². The third kappa shape index (κ3) is 50.3. The van der Waals surface area contributed by atoms with Gasteiger partial charge in [0.1, 0.15) is 19.3 Å². The van der Waals surface area contributed by atoms with Crippen LogP contribution in [0.1, 0.15) is 181 Å². The minimum Gasteiger partial charge on any atom is -0.756 e. The molecule has 0 fully saturated rings. The van der Waals surface area contributed by atoms with Gasteiger partial charge >= 0.3 is 5.97 Å². The number of unbranched alkanes of at least 4 members (excludes halogenated alkanes) is 15. The molecule has 0 rings (SSSR count). The second kappa shape index (κ2) is 46.0. The predicted molar refractivity (Wildman–Crippen MR) is 268 cm³/mol. The third-order valence-corrected chi connectivity index (χ3v) is 11.1. The number of phosphoric acid groups is 1. The highest BCUT2D eigenvalue weighted by Gasteiger charge is 2.20. The summed E-state index contributed by atoms with van der Waals surface area (Å²) in [6, 6.07) is 0. The molecule has 362 valence electrons. The molecule has 0 N–H and O–H groups in total. The van der Waals surface area contributed by atoms with Crippen LogP contribution in [0.4, 0.5) is 0 Å². The van der Waals surface area contributed by atoms with Crippen LogP contribution in [0.5, 0.6) is 0 Å². The zero-order valence-corrected chi connectivity index (χ0v) is 41.9. The van der Waals surface area contributed by atoms with Gasteiger partial charge in [-0.1, -0.05) is 182 Å². The summed E-state index contributed by atoms with van der Waals surface area (Å²) in [6.45, 7) is 5.14. The lowest BCUT2D eigenvalue weighted by atomic mass is 10.1. The van der Waals surface area contributed by atoms with Crippen molar-refractivity contribution in [1.29, 1.82) is 0 Å². The van der Waals surface area contributed by atoms with Crippen molar-refractivity contribution < 1.29 is 37.3 Å². The molecule has 9 heteroatoms. The molecule has 0 spiro atoms. The van der Waals surface area contributed by atoms with Crippen LogP contribution in [0.25, 0.3) is 0 Å². The molecule has 2 unspecified atom stereocenters. The Labute approximate surface area is 387 Å². The van der Waals surface area contributed by atoms with Gasteiger partial charge in [-0.05, 0) is 89.9 Å². The van der Waals surface area contributed by atoms with E-state index in [0.29, 0.717) is 24.1 Å². The first kappa shape index (κ1) is 60.4. The molecular formula is C54H94NO7P. The number of likely N-dealkylation sites (N-methyl/N-ethyl adjacent to an activating group) is 1. The highest BCUT2D eigenvalue weighted by atomic mass is 31.2. The Kier molecular flexibility index (Phi) is 44.1. The summed E-state index contributed by atoms with van der Waals surface area (Å²) in [7, 11) is 1.33. The van der Waals surface area contributed by atoms with Gasteiger partial charge in [-0.15, -0.1) is 0 Å². The summed E-state index contributed by atoms with van der Waals surface area (Å²) in [5.41, 5.74) is 0. The Bertz CT molecular complexity index is 1320. The van der Waals surface area contributed by atoms with E-state index in [1.165, 1.54) is 51.4 Å². The molecule has 0 aliphatic rings. The largest absolute Gasteiger partial charge is 0.756 e. The van der Waals surface area contributed by atoms with E-state index in [-0.39, 0.29) is 25.8 Å². The lowest BCUT2D eigenvalue weighted by Crippen LogP contribution is -2.37. The van der Waals surface area contributed by atoms with Gasteiger partial charge < -0.3 is 27.9 Å². The molecule has 2 atom stereocenters. The number of ether oxygens (including phenoxy) is 2. The molecule has 0 aliphatic heterocycles. The zero-order valence-electron chi connectivity index (χ0n) is 41.0. The maximum atomic E-state index is 12.7. The van der Waals surface area contributed by atoms with Gasteiger partial charge in [-0.2, -0.15) is 0 Å². The Morgan fingerprint density at radius 1 is 0.492 bits per heavy atom. The van der Waals surface area contributed by atoms with Gasteiger partial charge in [0.15, 0.2) is 0 Å². The number of carbonyl (C=O) groups is 1. The van der Waals surface area contributed by atoms with Crippen molar-refractivity contribution in [2.75, 3.05) is 54.1 Å². The summed E-state index contributed by atoms with van der Waals surface area (Å²) >= 11 is 0. The van der Waals surface area contributed by atoms with E-state index in [1.54, 1.807) is 0 Å². The maximum absolute atomic E-state index is 12.7. The van der Waals surface area contributed by atoms with Crippen LogP contribution < -0.4 is 4.89 Å². The Balaban J connectivity index is 4.20. The molecule has 0 aromatic rings. The minimum atomic E-state index is -4.54. The molecule has 0 heterocycles. The average Bonchev–Trinajstić information content (AvgIpc) is 3.24. The number of carbonyl (C=O) groups excluding carboxylic acids is 1. The summed E-state index contributed by atoms with van der Waals surface area (Å²) in [4.78, 5) is 25.2. The van der Waals surface area contributed by atoms with E-state index in [1.807, 2.05) is 21.1 Å². The number of phosphoric ester groups is 1.